The van der Waals surface area contributed by atoms with Crippen molar-refractivity contribution in [2.45, 2.75) is 6.42 Å². The Morgan fingerprint density at radius 3 is 2.57 bits per heavy atom. The molecule has 0 saturated heterocycles. The summed E-state index contributed by atoms with van der Waals surface area (Å²) in [6.45, 7) is 3.30. The largest absolute Gasteiger partial charge is 0.478 e. The van der Waals surface area contributed by atoms with Gasteiger partial charge in [-0.05, 0) is 28.1 Å². The van der Waals surface area contributed by atoms with Gasteiger partial charge in [0.1, 0.15) is 0 Å². The van der Waals surface area contributed by atoms with Crippen molar-refractivity contribution in [3.05, 3.63) is 32.9 Å². The van der Waals surface area contributed by atoms with Gasteiger partial charge in [0.05, 0.1) is 8.66 Å². The monoisotopic (exact) mass is 274 g/mol. The van der Waals surface area contributed by atoms with Gasteiger partial charge >= 0.3 is 5.97 Å². The van der Waals surface area contributed by atoms with Gasteiger partial charge in [0.25, 0.3) is 0 Å². The number of ketones is 1. The van der Waals surface area contributed by atoms with E-state index < -0.39 is 5.97 Å². The summed E-state index contributed by atoms with van der Waals surface area (Å²) in [5.74, 6) is -1.35. The minimum absolute atomic E-state index is 0.0838. The zero-order valence-electron chi connectivity index (χ0n) is 7.12. The van der Waals surface area contributed by atoms with E-state index in [-0.39, 0.29) is 17.8 Å². The molecule has 0 fully saturated rings. The first-order valence-electron chi connectivity index (χ1n) is 3.70. The van der Waals surface area contributed by atoms with Crippen LogP contribution in [0.3, 0.4) is 0 Å². The van der Waals surface area contributed by atoms with Crippen LogP contribution < -0.4 is 0 Å². The fourth-order valence-electron chi connectivity index (χ4n) is 0.821. The van der Waals surface area contributed by atoms with Crippen LogP contribution >= 0.6 is 27.3 Å². The van der Waals surface area contributed by atoms with E-state index in [9.17, 15) is 9.59 Å². The SMILES string of the molecule is C=C(CC(=O)c1ccc(Br)s1)C(=O)O. The maximum absolute atomic E-state index is 11.4. The van der Waals surface area contributed by atoms with Crippen LogP contribution in [0.1, 0.15) is 16.1 Å². The molecule has 0 atom stereocenters. The first-order valence-corrected chi connectivity index (χ1v) is 5.31. The number of rotatable bonds is 4. The van der Waals surface area contributed by atoms with E-state index in [0.717, 1.165) is 3.79 Å². The number of halogens is 1. The molecular weight excluding hydrogens is 268 g/mol. The number of carbonyl (C=O) groups excluding carboxylic acids is 1. The van der Waals surface area contributed by atoms with Crippen LogP contribution in [0.25, 0.3) is 0 Å². The average molecular weight is 275 g/mol. The van der Waals surface area contributed by atoms with Crippen molar-refractivity contribution >= 4 is 39.0 Å². The lowest BCUT2D eigenvalue weighted by Gasteiger charge is -1.96. The van der Waals surface area contributed by atoms with Crippen molar-refractivity contribution in [1.29, 1.82) is 0 Å². The maximum Gasteiger partial charge on any atom is 0.331 e. The number of aliphatic carboxylic acids is 1. The fourth-order valence-corrected chi connectivity index (χ4v) is 2.14. The third-order valence-electron chi connectivity index (χ3n) is 1.52. The molecule has 0 aromatic carbocycles. The van der Waals surface area contributed by atoms with Crippen LogP contribution in [-0.2, 0) is 4.79 Å². The van der Waals surface area contributed by atoms with Crippen LogP contribution in [0, 0.1) is 0 Å². The Morgan fingerprint density at radius 2 is 2.14 bits per heavy atom. The normalized spacial score (nSPS) is 9.79. The second kappa shape index (κ2) is 4.52. The molecule has 0 aliphatic rings. The highest BCUT2D eigenvalue weighted by Gasteiger charge is 2.13. The van der Waals surface area contributed by atoms with Crippen molar-refractivity contribution in [1.82, 2.24) is 0 Å². The molecule has 74 valence electrons. The highest BCUT2D eigenvalue weighted by atomic mass is 79.9. The molecule has 0 saturated carbocycles. The molecule has 1 N–H and O–H groups in total. The molecule has 0 aliphatic carbocycles. The lowest BCUT2D eigenvalue weighted by atomic mass is 10.1. The second-order valence-corrected chi connectivity index (χ2v) is 5.08. The molecule has 0 amide bonds. The van der Waals surface area contributed by atoms with Gasteiger partial charge in [-0.25, -0.2) is 4.79 Å². The van der Waals surface area contributed by atoms with Crippen LogP contribution in [0.15, 0.2) is 28.1 Å². The summed E-state index contributed by atoms with van der Waals surface area (Å²) in [4.78, 5) is 22.4. The van der Waals surface area contributed by atoms with E-state index in [0.29, 0.717) is 4.88 Å². The summed E-state index contributed by atoms with van der Waals surface area (Å²) in [7, 11) is 0. The predicted octanol–water partition coefficient (Wildman–Crippen LogP) is 2.72. The van der Waals surface area contributed by atoms with Gasteiger partial charge in [0.15, 0.2) is 5.78 Å². The van der Waals surface area contributed by atoms with Gasteiger partial charge in [0, 0.05) is 12.0 Å². The molecule has 1 aromatic rings. The molecule has 0 unspecified atom stereocenters. The fraction of sp³-hybridized carbons (Fsp3) is 0.111. The number of hydrogen-bond acceptors (Lipinski definition) is 3. The van der Waals surface area contributed by atoms with Gasteiger partial charge in [-0.1, -0.05) is 6.58 Å². The summed E-state index contributed by atoms with van der Waals surface area (Å²) >= 11 is 4.51. The highest BCUT2D eigenvalue weighted by molar-refractivity contribution is 9.11. The Hall–Kier alpha value is -0.940. The number of carbonyl (C=O) groups is 2. The summed E-state index contributed by atoms with van der Waals surface area (Å²) in [6, 6.07) is 3.41. The lowest BCUT2D eigenvalue weighted by molar-refractivity contribution is -0.132. The van der Waals surface area contributed by atoms with Crippen LogP contribution in [0.4, 0.5) is 0 Å². The van der Waals surface area contributed by atoms with Gasteiger partial charge in [0.2, 0.25) is 0 Å². The van der Waals surface area contributed by atoms with Crippen molar-refractivity contribution < 1.29 is 14.7 Å². The van der Waals surface area contributed by atoms with E-state index in [1.165, 1.54) is 11.3 Å². The average Bonchev–Trinajstić information content (AvgIpc) is 2.51. The number of hydrogen-bond donors (Lipinski definition) is 1. The Kier molecular flexibility index (Phi) is 3.60. The van der Waals surface area contributed by atoms with E-state index in [4.69, 9.17) is 5.11 Å². The first kappa shape index (κ1) is 11.1. The molecule has 0 aliphatic heterocycles. The molecule has 0 radical (unpaired) electrons. The molecule has 1 heterocycles. The van der Waals surface area contributed by atoms with Gasteiger partial charge in [-0.2, -0.15) is 0 Å². The molecule has 1 rings (SSSR count). The van der Waals surface area contributed by atoms with Crippen molar-refractivity contribution in [3.63, 3.8) is 0 Å². The van der Waals surface area contributed by atoms with Crippen LogP contribution in [-0.4, -0.2) is 16.9 Å². The number of carboxylic acid groups (broad SMARTS) is 1. The van der Waals surface area contributed by atoms with Gasteiger partial charge in [-0.3, -0.25) is 4.79 Å². The molecule has 3 nitrogen and oxygen atoms in total. The van der Waals surface area contributed by atoms with Crippen molar-refractivity contribution in [2.24, 2.45) is 0 Å². The molecule has 5 heteroatoms. The maximum atomic E-state index is 11.4. The smallest absolute Gasteiger partial charge is 0.331 e. The van der Waals surface area contributed by atoms with Crippen LogP contribution in [0.5, 0.6) is 0 Å². The summed E-state index contributed by atoms with van der Waals surface area (Å²) in [5.41, 5.74) is -0.0838. The minimum Gasteiger partial charge on any atom is -0.478 e. The summed E-state index contributed by atoms with van der Waals surface area (Å²) < 4.78 is 0.849. The number of Topliss-reactive ketones (excluding diaryl/α,β-unsaturated/α-hetero) is 1. The topological polar surface area (TPSA) is 54.4 Å². The van der Waals surface area contributed by atoms with Crippen LogP contribution in [0.2, 0.25) is 0 Å². The van der Waals surface area contributed by atoms with E-state index >= 15 is 0 Å². The lowest BCUT2D eigenvalue weighted by Crippen LogP contribution is -2.05. The Morgan fingerprint density at radius 1 is 1.50 bits per heavy atom. The van der Waals surface area contributed by atoms with E-state index in [1.807, 2.05) is 0 Å². The molecule has 0 bridgehead atoms. The Balaban J connectivity index is 2.68. The van der Waals surface area contributed by atoms with Gasteiger partial charge < -0.3 is 5.11 Å². The molecular formula is C9H7BrO3S. The van der Waals surface area contributed by atoms with Crippen molar-refractivity contribution in [2.75, 3.05) is 0 Å². The van der Waals surface area contributed by atoms with Crippen molar-refractivity contribution in [3.8, 4) is 0 Å². The zero-order valence-corrected chi connectivity index (χ0v) is 9.52. The Bertz CT molecular complexity index is 395. The van der Waals surface area contributed by atoms with E-state index in [2.05, 4.69) is 22.5 Å². The third kappa shape index (κ3) is 2.78. The van der Waals surface area contributed by atoms with E-state index in [1.54, 1.807) is 12.1 Å². The summed E-state index contributed by atoms with van der Waals surface area (Å²) in [5, 5.41) is 8.53. The third-order valence-corrected chi connectivity index (χ3v) is 3.19. The molecule has 0 spiro atoms. The summed E-state index contributed by atoms with van der Waals surface area (Å²) in [6.07, 6.45) is -0.137. The highest BCUT2D eigenvalue weighted by Crippen LogP contribution is 2.23. The van der Waals surface area contributed by atoms with Gasteiger partial charge in [-0.15, -0.1) is 11.3 Å². The minimum atomic E-state index is -1.13. The number of carboxylic acids is 1. The molecule has 1 aromatic heterocycles. The number of thiophene rings is 1. The predicted molar refractivity (Wildman–Crippen MR) is 57.7 cm³/mol. The quantitative estimate of drug-likeness (QED) is 0.679. The standard InChI is InChI=1S/C9H7BrO3S/c1-5(9(12)13)4-6(11)7-2-3-8(10)14-7/h2-3H,1,4H2,(H,12,13). The second-order valence-electron chi connectivity index (χ2n) is 2.61. The Labute approximate surface area is 93.2 Å². The first-order chi connectivity index (χ1) is 6.50. The molecule has 14 heavy (non-hydrogen) atoms. The zero-order chi connectivity index (χ0) is 10.7.